The number of carbonyl (C=O) groups excluding carboxylic acids is 2. The normalized spacial score (nSPS) is 20.4. The largest absolute Gasteiger partial charge is 0.493 e. The summed E-state index contributed by atoms with van der Waals surface area (Å²) in [6.07, 6.45) is 5.76. The Balaban J connectivity index is 1.12. The molecule has 2 aliphatic carbocycles. The number of hydrogen-bond donors (Lipinski definition) is 2. The predicted molar refractivity (Wildman–Crippen MR) is 107 cm³/mol. The molecule has 1 aromatic rings. The number of ether oxygens (including phenoxy) is 2. The van der Waals surface area contributed by atoms with E-state index in [4.69, 9.17) is 9.47 Å². The molecule has 1 aromatic carbocycles. The van der Waals surface area contributed by atoms with Crippen molar-refractivity contribution in [1.29, 1.82) is 0 Å². The molecule has 0 spiro atoms. The molecule has 0 unspecified atom stereocenters. The first kappa shape index (κ1) is 19.5. The molecule has 28 heavy (non-hydrogen) atoms. The molecule has 8 heteroatoms. The van der Waals surface area contributed by atoms with Crippen molar-refractivity contribution in [2.24, 2.45) is 5.92 Å². The fourth-order valence-electron chi connectivity index (χ4n) is 3.14. The van der Waals surface area contributed by atoms with Crippen molar-refractivity contribution in [3.05, 3.63) is 29.8 Å². The summed E-state index contributed by atoms with van der Waals surface area (Å²) in [7, 11) is 0. The summed E-state index contributed by atoms with van der Waals surface area (Å²) in [5.74, 6) is 2.38. The van der Waals surface area contributed by atoms with E-state index >= 15 is 0 Å². The molecule has 1 heterocycles. The van der Waals surface area contributed by atoms with E-state index < -0.39 is 0 Å². The van der Waals surface area contributed by atoms with Gasteiger partial charge in [0.15, 0.2) is 0 Å². The van der Waals surface area contributed by atoms with Crippen LogP contribution in [-0.4, -0.2) is 49.1 Å². The van der Waals surface area contributed by atoms with E-state index in [9.17, 15) is 9.59 Å². The van der Waals surface area contributed by atoms with Gasteiger partial charge in [-0.1, -0.05) is 24.1 Å². The van der Waals surface area contributed by atoms with Gasteiger partial charge in [-0.2, -0.15) is 0 Å². The first-order valence-corrected chi connectivity index (χ1v) is 10.9. The van der Waals surface area contributed by atoms with Crippen LogP contribution in [0.4, 0.5) is 4.79 Å². The van der Waals surface area contributed by atoms with Crippen LogP contribution < -0.4 is 14.8 Å². The molecule has 3 aliphatic rings. The number of amides is 3. The quantitative estimate of drug-likeness (QED) is 0.316. The Hall–Kier alpha value is -1.77. The Bertz CT molecular complexity index is 721. The second-order valence-electron chi connectivity index (χ2n) is 7.76. The van der Waals surface area contributed by atoms with Crippen molar-refractivity contribution in [2.75, 3.05) is 32.2 Å². The van der Waals surface area contributed by atoms with Gasteiger partial charge in [0.2, 0.25) is 5.91 Å². The standard InChI is InChI=1S/C20H27N3O4S/c24-18-12-23(19(25)21-18)14-26-9-2-10-28-22-20(7-8-20)16-3-1-4-17(11-16)27-13-15-5-6-15/h1,3-4,11,15,22H,2,5-10,12-14H2,(H,21,24,25). The smallest absolute Gasteiger partial charge is 0.326 e. The fourth-order valence-corrected chi connectivity index (χ4v) is 4.10. The van der Waals surface area contributed by atoms with Crippen LogP contribution in [0.1, 0.15) is 37.7 Å². The van der Waals surface area contributed by atoms with Gasteiger partial charge in [-0.15, -0.1) is 0 Å². The second kappa shape index (κ2) is 8.71. The Morgan fingerprint density at radius 2 is 2.14 bits per heavy atom. The van der Waals surface area contributed by atoms with Crippen molar-refractivity contribution in [1.82, 2.24) is 14.9 Å². The number of urea groups is 1. The maximum atomic E-state index is 11.4. The lowest BCUT2D eigenvalue weighted by Crippen LogP contribution is -2.30. The zero-order valence-electron chi connectivity index (χ0n) is 15.9. The molecular weight excluding hydrogens is 378 g/mol. The first-order valence-electron chi connectivity index (χ1n) is 9.93. The van der Waals surface area contributed by atoms with Crippen LogP contribution in [0.3, 0.4) is 0 Å². The van der Waals surface area contributed by atoms with Crippen molar-refractivity contribution < 1.29 is 19.1 Å². The minimum Gasteiger partial charge on any atom is -0.493 e. The van der Waals surface area contributed by atoms with E-state index in [0.717, 1.165) is 43.3 Å². The molecule has 3 amide bonds. The van der Waals surface area contributed by atoms with Crippen molar-refractivity contribution in [3.8, 4) is 5.75 Å². The third-order valence-corrected chi connectivity index (χ3v) is 6.26. The molecule has 2 saturated carbocycles. The van der Waals surface area contributed by atoms with Crippen molar-refractivity contribution >= 4 is 23.9 Å². The molecule has 0 bridgehead atoms. The van der Waals surface area contributed by atoms with Crippen LogP contribution >= 0.6 is 11.9 Å². The first-order chi connectivity index (χ1) is 13.6. The number of hydrogen-bond acceptors (Lipinski definition) is 6. The monoisotopic (exact) mass is 405 g/mol. The van der Waals surface area contributed by atoms with Gasteiger partial charge in [-0.25, -0.2) is 4.79 Å². The average Bonchev–Trinajstić information content (AvgIpc) is 3.60. The van der Waals surface area contributed by atoms with Crippen LogP contribution in [0.25, 0.3) is 0 Å². The minimum atomic E-state index is -0.375. The van der Waals surface area contributed by atoms with Crippen LogP contribution in [0, 0.1) is 5.92 Å². The molecule has 0 radical (unpaired) electrons. The second-order valence-corrected chi connectivity index (χ2v) is 8.66. The summed E-state index contributed by atoms with van der Waals surface area (Å²) in [4.78, 5) is 23.9. The summed E-state index contributed by atoms with van der Waals surface area (Å²) in [5, 5.41) is 2.23. The van der Waals surface area contributed by atoms with Crippen LogP contribution in [0.5, 0.6) is 5.75 Å². The number of rotatable bonds is 12. The fraction of sp³-hybridized carbons (Fsp3) is 0.600. The maximum absolute atomic E-state index is 11.4. The zero-order chi connectivity index (χ0) is 19.4. The third kappa shape index (κ3) is 5.18. The van der Waals surface area contributed by atoms with Crippen molar-refractivity contribution in [3.63, 3.8) is 0 Å². The summed E-state index contributed by atoms with van der Waals surface area (Å²) in [5.41, 5.74) is 1.37. The van der Waals surface area contributed by atoms with Gasteiger partial charge in [0, 0.05) is 12.4 Å². The van der Waals surface area contributed by atoms with E-state index in [1.807, 2.05) is 6.07 Å². The Morgan fingerprint density at radius 3 is 2.86 bits per heavy atom. The lowest BCUT2D eigenvalue weighted by atomic mass is 10.1. The highest BCUT2D eigenvalue weighted by Crippen LogP contribution is 2.47. The lowest BCUT2D eigenvalue weighted by molar-refractivity contribution is -0.118. The van der Waals surface area contributed by atoms with Crippen LogP contribution in [-0.2, 0) is 15.1 Å². The number of imide groups is 1. The van der Waals surface area contributed by atoms with Gasteiger partial charge in [0.1, 0.15) is 19.0 Å². The summed E-state index contributed by atoms with van der Waals surface area (Å²) in [6.45, 7) is 1.64. The molecule has 3 fully saturated rings. The lowest BCUT2D eigenvalue weighted by Gasteiger charge is -2.18. The number of benzene rings is 1. The Kier molecular flexibility index (Phi) is 6.08. The van der Waals surface area contributed by atoms with Gasteiger partial charge in [0.25, 0.3) is 0 Å². The topological polar surface area (TPSA) is 79.9 Å². The number of nitrogens with zero attached hydrogens (tertiary/aromatic N) is 1. The zero-order valence-corrected chi connectivity index (χ0v) is 16.8. The maximum Gasteiger partial charge on any atom is 0.326 e. The number of nitrogens with one attached hydrogen (secondary N) is 2. The SMILES string of the molecule is O=C1CN(COCCCSNC2(c3cccc(OCC4CC4)c3)CC2)C(=O)N1. The molecule has 1 saturated heterocycles. The van der Waals surface area contributed by atoms with Crippen LogP contribution in [0.2, 0.25) is 0 Å². The Labute approximate surface area is 169 Å². The molecular formula is C20H27N3O4S. The summed E-state index contributed by atoms with van der Waals surface area (Å²) < 4.78 is 15.0. The minimum absolute atomic E-state index is 0.0679. The average molecular weight is 406 g/mol. The van der Waals surface area contributed by atoms with E-state index in [2.05, 4.69) is 28.2 Å². The van der Waals surface area contributed by atoms with E-state index in [0.29, 0.717) is 6.61 Å². The highest BCUT2D eigenvalue weighted by atomic mass is 32.2. The highest BCUT2D eigenvalue weighted by molar-refractivity contribution is 7.97. The summed E-state index contributed by atoms with van der Waals surface area (Å²) >= 11 is 1.72. The van der Waals surface area contributed by atoms with Gasteiger partial charge < -0.3 is 9.47 Å². The molecule has 2 N–H and O–H groups in total. The number of carbonyl (C=O) groups is 2. The van der Waals surface area contributed by atoms with Crippen molar-refractivity contribution in [2.45, 2.75) is 37.6 Å². The van der Waals surface area contributed by atoms with Gasteiger partial charge in [-0.3, -0.25) is 19.7 Å². The molecule has 1 aliphatic heterocycles. The summed E-state index contributed by atoms with van der Waals surface area (Å²) in [6, 6.07) is 8.10. The van der Waals surface area contributed by atoms with Gasteiger partial charge >= 0.3 is 6.03 Å². The third-order valence-electron chi connectivity index (χ3n) is 5.24. The highest BCUT2D eigenvalue weighted by Gasteiger charge is 2.44. The van der Waals surface area contributed by atoms with E-state index in [-0.39, 0.29) is 30.8 Å². The van der Waals surface area contributed by atoms with E-state index in [1.54, 1.807) is 11.9 Å². The predicted octanol–water partition coefficient (Wildman–Crippen LogP) is 2.62. The Morgan fingerprint density at radius 1 is 1.29 bits per heavy atom. The molecule has 0 aromatic heterocycles. The van der Waals surface area contributed by atoms with E-state index in [1.165, 1.54) is 23.3 Å². The molecule has 152 valence electrons. The van der Waals surface area contributed by atoms with Crippen LogP contribution in [0.15, 0.2) is 24.3 Å². The van der Waals surface area contributed by atoms with Gasteiger partial charge in [0.05, 0.1) is 12.1 Å². The molecule has 7 nitrogen and oxygen atoms in total. The van der Waals surface area contributed by atoms with Gasteiger partial charge in [-0.05, 0) is 55.7 Å². The molecule has 4 rings (SSSR count). The molecule has 0 atom stereocenters.